The summed E-state index contributed by atoms with van der Waals surface area (Å²) < 4.78 is 28.2. The minimum atomic E-state index is -3.65. The monoisotopic (exact) mass is 442 g/mol. The van der Waals surface area contributed by atoms with E-state index in [-0.39, 0.29) is 5.91 Å². The molecule has 0 bridgehead atoms. The Kier molecular flexibility index (Phi) is 6.12. The first-order valence-corrected chi connectivity index (χ1v) is 12.4. The maximum absolute atomic E-state index is 13.4. The Balaban J connectivity index is 1.60. The predicted molar refractivity (Wildman–Crippen MR) is 118 cm³/mol. The minimum Gasteiger partial charge on any atom is -0.339 e. The highest BCUT2D eigenvalue weighted by molar-refractivity contribution is 7.89. The number of benzene rings is 1. The van der Waals surface area contributed by atoms with Crippen LogP contribution in [0.5, 0.6) is 0 Å². The summed E-state index contributed by atoms with van der Waals surface area (Å²) in [4.78, 5) is 24.1. The Labute approximate surface area is 184 Å². The van der Waals surface area contributed by atoms with Crippen LogP contribution in [0.25, 0.3) is 0 Å². The quantitative estimate of drug-likeness (QED) is 0.723. The lowest BCUT2D eigenvalue weighted by atomic mass is 10.1. The zero-order valence-electron chi connectivity index (χ0n) is 18.5. The van der Waals surface area contributed by atoms with E-state index in [1.54, 1.807) is 25.3 Å². The van der Waals surface area contributed by atoms with E-state index in [1.165, 1.54) is 4.31 Å². The van der Waals surface area contributed by atoms with Crippen molar-refractivity contribution >= 4 is 15.9 Å². The molecule has 2 saturated heterocycles. The lowest BCUT2D eigenvalue weighted by Gasteiger charge is -2.27. The van der Waals surface area contributed by atoms with Gasteiger partial charge in [0.25, 0.3) is 5.91 Å². The molecule has 31 heavy (non-hydrogen) atoms. The second kappa shape index (κ2) is 8.67. The molecule has 0 aliphatic carbocycles. The fourth-order valence-corrected chi connectivity index (χ4v) is 6.16. The highest BCUT2D eigenvalue weighted by Gasteiger charge is 2.38. The van der Waals surface area contributed by atoms with E-state index < -0.39 is 16.1 Å². The molecule has 1 unspecified atom stereocenters. The van der Waals surface area contributed by atoms with Gasteiger partial charge in [-0.1, -0.05) is 6.07 Å². The molecule has 2 aromatic rings. The maximum atomic E-state index is 13.4. The van der Waals surface area contributed by atoms with Crippen LogP contribution >= 0.6 is 0 Å². The topological polar surface area (TPSA) is 83.5 Å². The standard InChI is InChI=1S/C23H30N4O3S/c1-16-9-10-19(14-17(16)2)31(29,30)27-13-7-8-21(27)22-24-15-20(18(3)25-22)23(28)26-11-5-4-6-12-26/h9-10,14-15,21H,4-8,11-13H2,1-3H3. The Bertz CT molecular complexity index is 1090. The van der Waals surface area contributed by atoms with Gasteiger partial charge in [0.2, 0.25) is 10.0 Å². The molecule has 2 aliphatic rings. The van der Waals surface area contributed by atoms with Crippen LogP contribution in [0.15, 0.2) is 29.3 Å². The first kappa shape index (κ1) is 21.9. The van der Waals surface area contributed by atoms with E-state index in [9.17, 15) is 13.2 Å². The van der Waals surface area contributed by atoms with Gasteiger partial charge in [0.15, 0.2) is 0 Å². The van der Waals surface area contributed by atoms with Crippen LogP contribution < -0.4 is 0 Å². The molecular weight excluding hydrogens is 412 g/mol. The molecule has 3 heterocycles. The molecule has 166 valence electrons. The van der Waals surface area contributed by atoms with Crippen molar-refractivity contribution in [1.82, 2.24) is 19.2 Å². The largest absolute Gasteiger partial charge is 0.339 e. The molecule has 8 heteroatoms. The van der Waals surface area contributed by atoms with Gasteiger partial charge in [-0.2, -0.15) is 4.31 Å². The van der Waals surface area contributed by atoms with E-state index in [1.807, 2.05) is 24.8 Å². The Morgan fingerprint density at radius 3 is 2.42 bits per heavy atom. The number of carbonyl (C=O) groups excluding carboxylic acids is 1. The molecule has 1 aromatic heterocycles. The number of aryl methyl sites for hydroxylation is 3. The summed E-state index contributed by atoms with van der Waals surface area (Å²) in [6.07, 6.45) is 6.21. The summed E-state index contributed by atoms with van der Waals surface area (Å²) >= 11 is 0. The van der Waals surface area contributed by atoms with E-state index >= 15 is 0 Å². The van der Waals surface area contributed by atoms with Gasteiger partial charge in [-0.05, 0) is 76.1 Å². The van der Waals surface area contributed by atoms with Crippen molar-refractivity contribution in [3.05, 3.63) is 52.6 Å². The van der Waals surface area contributed by atoms with Crippen LogP contribution in [0, 0.1) is 20.8 Å². The zero-order valence-corrected chi connectivity index (χ0v) is 19.3. The highest BCUT2D eigenvalue weighted by atomic mass is 32.2. The van der Waals surface area contributed by atoms with Gasteiger partial charge >= 0.3 is 0 Å². The Morgan fingerprint density at radius 1 is 1.00 bits per heavy atom. The number of rotatable bonds is 4. The fraction of sp³-hybridized carbons (Fsp3) is 0.522. The molecular formula is C23H30N4O3S. The van der Waals surface area contributed by atoms with E-state index in [2.05, 4.69) is 9.97 Å². The van der Waals surface area contributed by atoms with Crippen LogP contribution in [0.4, 0.5) is 0 Å². The van der Waals surface area contributed by atoms with Crippen LogP contribution in [-0.2, 0) is 10.0 Å². The maximum Gasteiger partial charge on any atom is 0.257 e. The molecule has 0 radical (unpaired) electrons. The van der Waals surface area contributed by atoms with Crippen molar-refractivity contribution in [3.63, 3.8) is 0 Å². The molecule has 0 spiro atoms. The van der Waals surface area contributed by atoms with Gasteiger partial charge in [-0.25, -0.2) is 18.4 Å². The first-order valence-electron chi connectivity index (χ1n) is 11.0. The number of likely N-dealkylation sites (tertiary alicyclic amines) is 1. The third kappa shape index (κ3) is 4.23. The second-order valence-corrected chi connectivity index (χ2v) is 10.5. The van der Waals surface area contributed by atoms with Crippen molar-refractivity contribution in [2.24, 2.45) is 0 Å². The number of amides is 1. The van der Waals surface area contributed by atoms with Crippen LogP contribution in [0.2, 0.25) is 0 Å². The molecule has 0 N–H and O–H groups in total. The molecule has 7 nitrogen and oxygen atoms in total. The normalized spacial score (nSPS) is 20.2. The third-order valence-corrected chi connectivity index (χ3v) is 8.36. The van der Waals surface area contributed by atoms with Gasteiger partial charge in [-0.3, -0.25) is 4.79 Å². The second-order valence-electron chi connectivity index (χ2n) is 8.60. The number of hydrogen-bond donors (Lipinski definition) is 0. The minimum absolute atomic E-state index is 0.0326. The highest BCUT2D eigenvalue weighted by Crippen LogP contribution is 2.35. The lowest BCUT2D eigenvalue weighted by Crippen LogP contribution is -2.36. The number of nitrogens with zero attached hydrogens (tertiary/aromatic N) is 4. The van der Waals surface area contributed by atoms with Gasteiger partial charge in [0.1, 0.15) is 5.82 Å². The van der Waals surface area contributed by atoms with Crippen molar-refractivity contribution in [2.75, 3.05) is 19.6 Å². The molecule has 1 amide bonds. The first-order chi connectivity index (χ1) is 14.8. The average Bonchev–Trinajstić information content (AvgIpc) is 3.26. The number of sulfonamides is 1. The third-order valence-electron chi connectivity index (χ3n) is 6.46. The predicted octanol–water partition coefficient (Wildman–Crippen LogP) is 3.55. The van der Waals surface area contributed by atoms with Crippen LogP contribution in [0.3, 0.4) is 0 Å². The van der Waals surface area contributed by atoms with Crippen molar-refractivity contribution in [2.45, 2.75) is 63.8 Å². The summed E-state index contributed by atoms with van der Waals surface area (Å²) in [7, 11) is -3.65. The molecule has 2 fully saturated rings. The van der Waals surface area contributed by atoms with E-state index in [0.717, 1.165) is 49.9 Å². The van der Waals surface area contributed by atoms with Gasteiger partial charge < -0.3 is 4.90 Å². The number of hydrogen-bond acceptors (Lipinski definition) is 5. The van der Waals surface area contributed by atoms with Gasteiger partial charge in [0.05, 0.1) is 22.2 Å². The number of aromatic nitrogens is 2. The summed E-state index contributed by atoms with van der Waals surface area (Å²) in [5.41, 5.74) is 3.12. The summed E-state index contributed by atoms with van der Waals surface area (Å²) in [6.45, 7) is 7.67. The fourth-order valence-electron chi connectivity index (χ4n) is 4.42. The van der Waals surface area contributed by atoms with E-state index in [0.29, 0.717) is 34.9 Å². The Hall–Kier alpha value is -2.32. The van der Waals surface area contributed by atoms with E-state index in [4.69, 9.17) is 0 Å². The SMILES string of the molecule is Cc1ccc(S(=O)(=O)N2CCCC2c2ncc(C(=O)N3CCCCC3)c(C)n2)cc1C. The van der Waals surface area contributed by atoms with Crippen LogP contribution in [0.1, 0.15) is 71.1 Å². The van der Waals surface area contributed by atoms with Gasteiger partial charge in [-0.15, -0.1) is 0 Å². The molecule has 1 atom stereocenters. The zero-order chi connectivity index (χ0) is 22.2. The summed E-state index contributed by atoms with van der Waals surface area (Å²) in [5.74, 6) is 0.437. The smallest absolute Gasteiger partial charge is 0.257 e. The number of piperidine rings is 1. The summed E-state index contributed by atoms with van der Waals surface area (Å²) in [5, 5.41) is 0. The molecule has 1 aromatic carbocycles. The average molecular weight is 443 g/mol. The van der Waals surface area contributed by atoms with Crippen molar-refractivity contribution < 1.29 is 13.2 Å². The Morgan fingerprint density at radius 2 is 1.74 bits per heavy atom. The molecule has 2 aliphatic heterocycles. The number of carbonyl (C=O) groups is 1. The van der Waals surface area contributed by atoms with Crippen molar-refractivity contribution in [1.29, 1.82) is 0 Å². The lowest BCUT2D eigenvalue weighted by molar-refractivity contribution is 0.0722. The van der Waals surface area contributed by atoms with Crippen LogP contribution in [-0.4, -0.2) is 53.1 Å². The van der Waals surface area contributed by atoms with Gasteiger partial charge in [0, 0.05) is 25.8 Å². The summed E-state index contributed by atoms with van der Waals surface area (Å²) in [6, 6.07) is 4.82. The molecule has 4 rings (SSSR count). The van der Waals surface area contributed by atoms with Crippen molar-refractivity contribution in [3.8, 4) is 0 Å². The molecule has 0 saturated carbocycles.